The first-order valence-corrected chi connectivity index (χ1v) is 8.58. The fourth-order valence-corrected chi connectivity index (χ4v) is 3.24. The third-order valence-corrected chi connectivity index (χ3v) is 4.30. The van der Waals surface area contributed by atoms with E-state index in [-0.39, 0.29) is 12.1 Å². The molecule has 4 nitrogen and oxygen atoms in total. The van der Waals surface area contributed by atoms with Crippen LogP contribution in [0, 0.1) is 12.8 Å². The summed E-state index contributed by atoms with van der Waals surface area (Å²) in [5.41, 5.74) is 2.20. The van der Waals surface area contributed by atoms with Crippen molar-refractivity contribution in [2.45, 2.75) is 52.7 Å². The monoisotopic (exact) mass is 318 g/mol. The Morgan fingerprint density at radius 1 is 1.39 bits per heavy atom. The van der Waals surface area contributed by atoms with Crippen LogP contribution in [0.15, 0.2) is 24.3 Å². The second-order valence-corrected chi connectivity index (χ2v) is 7.37. The summed E-state index contributed by atoms with van der Waals surface area (Å²) in [6.45, 7) is 12.5. The molecule has 1 saturated heterocycles. The van der Waals surface area contributed by atoms with E-state index in [1.807, 2.05) is 25.7 Å². The summed E-state index contributed by atoms with van der Waals surface area (Å²) in [6.07, 6.45) is 0.811. The summed E-state index contributed by atoms with van der Waals surface area (Å²) in [6, 6.07) is 8.80. The van der Waals surface area contributed by atoms with Gasteiger partial charge in [0.25, 0.3) is 0 Å². The van der Waals surface area contributed by atoms with Crippen molar-refractivity contribution in [3.05, 3.63) is 35.4 Å². The fraction of sp³-hybridized carbons (Fsp3) is 0.632. The summed E-state index contributed by atoms with van der Waals surface area (Å²) >= 11 is 0. The second kappa shape index (κ2) is 7.35. The molecule has 1 aliphatic heterocycles. The lowest BCUT2D eigenvalue weighted by Crippen LogP contribution is -2.37. The van der Waals surface area contributed by atoms with Crippen LogP contribution in [0.2, 0.25) is 0 Å². The van der Waals surface area contributed by atoms with Gasteiger partial charge in [-0.2, -0.15) is 0 Å². The van der Waals surface area contributed by atoms with Gasteiger partial charge < -0.3 is 15.0 Å². The summed E-state index contributed by atoms with van der Waals surface area (Å²) in [5, 5.41) is 3.61. The second-order valence-electron chi connectivity index (χ2n) is 7.37. The molecule has 1 amide bonds. The van der Waals surface area contributed by atoms with Crippen molar-refractivity contribution >= 4 is 6.09 Å². The number of hydrogen-bond acceptors (Lipinski definition) is 3. The third kappa shape index (κ3) is 4.71. The van der Waals surface area contributed by atoms with E-state index in [1.54, 1.807) is 0 Å². The van der Waals surface area contributed by atoms with Crippen LogP contribution in [0.25, 0.3) is 0 Å². The molecule has 4 heteroatoms. The van der Waals surface area contributed by atoms with Crippen molar-refractivity contribution in [3.8, 4) is 0 Å². The fourth-order valence-electron chi connectivity index (χ4n) is 3.24. The Morgan fingerprint density at radius 2 is 2.09 bits per heavy atom. The van der Waals surface area contributed by atoms with E-state index >= 15 is 0 Å². The molecule has 0 aliphatic carbocycles. The minimum Gasteiger partial charge on any atom is -0.444 e. The maximum Gasteiger partial charge on any atom is 0.410 e. The maximum atomic E-state index is 12.3. The van der Waals surface area contributed by atoms with E-state index in [4.69, 9.17) is 4.74 Å². The zero-order chi connectivity index (χ0) is 17.0. The van der Waals surface area contributed by atoms with E-state index in [0.717, 1.165) is 26.1 Å². The predicted octanol–water partition coefficient (Wildman–Crippen LogP) is 3.90. The molecular weight excluding hydrogens is 288 g/mol. The van der Waals surface area contributed by atoms with Crippen molar-refractivity contribution in [3.63, 3.8) is 0 Å². The van der Waals surface area contributed by atoms with Crippen LogP contribution in [-0.2, 0) is 4.74 Å². The van der Waals surface area contributed by atoms with Crippen LogP contribution in [0.5, 0.6) is 0 Å². The van der Waals surface area contributed by atoms with Crippen molar-refractivity contribution in [1.82, 2.24) is 10.2 Å². The van der Waals surface area contributed by atoms with Crippen molar-refractivity contribution in [1.29, 1.82) is 0 Å². The van der Waals surface area contributed by atoms with Gasteiger partial charge in [0, 0.05) is 19.1 Å². The molecule has 1 aromatic rings. The van der Waals surface area contributed by atoms with E-state index in [1.165, 1.54) is 11.1 Å². The summed E-state index contributed by atoms with van der Waals surface area (Å²) in [4.78, 5) is 14.1. The Balaban J connectivity index is 2.08. The number of nitrogens with zero attached hydrogens (tertiary/aromatic N) is 1. The van der Waals surface area contributed by atoms with Gasteiger partial charge in [0.05, 0.1) is 0 Å². The van der Waals surface area contributed by atoms with Gasteiger partial charge >= 0.3 is 6.09 Å². The molecule has 128 valence electrons. The lowest BCUT2D eigenvalue weighted by atomic mass is 9.89. The first kappa shape index (κ1) is 17.8. The molecule has 0 spiro atoms. The first-order valence-electron chi connectivity index (χ1n) is 8.58. The average Bonchev–Trinajstić information content (AvgIpc) is 2.93. The van der Waals surface area contributed by atoms with Gasteiger partial charge in [-0.25, -0.2) is 4.79 Å². The molecule has 1 fully saturated rings. The zero-order valence-electron chi connectivity index (χ0n) is 15.1. The molecule has 0 bridgehead atoms. The minimum absolute atomic E-state index is 0.194. The van der Waals surface area contributed by atoms with Crippen molar-refractivity contribution in [2.24, 2.45) is 5.92 Å². The Morgan fingerprint density at radius 3 is 2.70 bits per heavy atom. The van der Waals surface area contributed by atoms with E-state index < -0.39 is 5.60 Å². The van der Waals surface area contributed by atoms with Crippen LogP contribution >= 0.6 is 0 Å². The van der Waals surface area contributed by atoms with E-state index in [9.17, 15) is 4.79 Å². The third-order valence-electron chi connectivity index (χ3n) is 4.30. The number of ether oxygens (including phenoxy) is 1. The number of amides is 1. The van der Waals surface area contributed by atoms with Gasteiger partial charge in [-0.3, -0.25) is 0 Å². The molecule has 1 aliphatic rings. The minimum atomic E-state index is -0.438. The topological polar surface area (TPSA) is 41.6 Å². The van der Waals surface area contributed by atoms with Crippen LogP contribution in [0.3, 0.4) is 0 Å². The van der Waals surface area contributed by atoms with Gasteiger partial charge in [-0.1, -0.05) is 31.2 Å². The van der Waals surface area contributed by atoms with Crippen molar-refractivity contribution in [2.75, 3.05) is 19.6 Å². The highest BCUT2D eigenvalue weighted by Crippen LogP contribution is 2.32. The summed E-state index contributed by atoms with van der Waals surface area (Å²) in [7, 11) is 0. The van der Waals surface area contributed by atoms with E-state index in [2.05, 4.69) is 43.4 Å². The highest BCUT2D eigenvalue weighted by atomic mass is 16.6. The van der Waals surface area contributed by atoms with Crippen LogP contribution < -0.4 is 5.32 Å². The lowest BCUT2D eigenvalue weighted by molar-refractivity contribution is 0.0285. The molecule has 1 heterocycles. The number of hydrogen-bond donors (Lipinski definition) is 1. The number of carbonyl (C=O) groups excluding carboxylic acids is 1. The Labute approximate surface area is 140 Å². The normalized spacial score (nSPS) is 19.7. The molecule has 23 heavy (non-hydrogen) atoms. The Hall–Kier alpha value is -1.55. The molecule has 0 aromatic heterocycles. The molecule has 2 rings (SSSR count). The molecular formula is C19H30N2O2. The number of benzene rings is 1. The van der Waals surface area contributed by atoms with Gasteiger partial charge in [-0.05, 0) is 57.7 Å². The quantitative estimate of drug-likeness (QED) is 0.915. The lowest BCUT2D eigenvalue weighted by Gasteiger charge is -2.27. The highest BCUT2D eigenvalue weighted by Gasteiger charge is 2.34. The van der Waals surface area contributed by atoms with Crippen LogP contribution in [0.1, 0.15) is 51.3 Å². The zero-order valence-corrected chi connectivity index (χ0v) is 15.1. The smallest absolute Gasteiger partial charge is 0.410 e. The standard InChI is InChI=1S/C19H30N2O2/c1-6-20-17(16-10-8-7-9-14(16)2)15-11-12-21(13-15)18(22)23-19(3,4)5/h7-10,15,17,20H,6,11-13H2,1-5H3. The number of nitrogens with one attached hydrogen (secondary N) is 1. The number of carbonyl (C=O) groups is 1. The van der Waals surface area contributed by atoms with Gasteiger partial charge in [0.15, 0.2) is 0 Å². The molecule has 1 N–H and O–H groups in total. The SMILES string of the molecule is CCNC(c1ccccc1C)C1CCN(C(=O)OC(C)(C)C)C1. The number of rotatable bonds is 4. The summed E-state index contributed by atoms with van der Waals surface area (Å²) < 4.78 is 5.51. The Bertz CT molecular complexity index is 536. The largest absolute Gasteiger partial charge is 0.444 e. The molecule has 0 saturated carbocycles. The number of aryl methyl sites for hydroxylation is 1. The average molecular weight is 318 g/mol. The Kier molecular flexibility index (Phi) is 5.69. The molecule has 1 aromatic carbocycles. The summed E-state index contributed by atoms with van der Waals surface area (Å²) in [5.74, 6) is 0.420. The van der Waals surface area contributed by atoms with Crippen LogP contribution in [0.4, 0.5) is 4.79 Å². The van der Waals surface area contributed by atoms with Gasteiger partial charge in [0.1, 0.15) is 5.60 Å². The molecule has 0 radical (unpaired) electrons. The van der Waals surface area contributed by atoms with Crippen molar-refractivity contribution < 1.29 is 9.53 Å². The van der Waals surface area contributed by atoms with Crippen LogP contribution in [-0.4, -0.2) is 36.2 Å². The number of likely N-dealkylation sites (tertiary alicyclic amines) is 1. The van der Waals surface area contributed by atoms with E-state index in [0.29, 0.717) is 5.92 Å². The molecule has 2 unspecified atom stereocenters. The first-order chi connectivity index (χ1) is 10.8. The van der Waals surface area contributed by atoms with Gasteiger partial charge in [-0.15, -0.1) is 0 Å². The van der Waals surface area contributed by atoms with Gasteiger partial charge in [0.2, 0.25) is 0 Å². The molecule has 2 atom stereocenters. The highest BCUT2D eigenvalue weighted by molar-refractivity contribution is 5.68. The maximum absolute atomic E-state index is 12.3. The predicted molar refractivity (Wildman–Crippen MR) is 93.5 cm³/mol.